The highest BCUT2D eigenvalue weighted by Crippen LogP contribution is 2.34. The molecule has 0 spiro atoms. The van der Waals surface area contributed by atoms with Gasteiger partial charge >= 0.3 is 0 Å². The Morgan fingerprint density at radius 3 is 2.35 bits per heavy atom. The van der Waals surface area contributed by atoms with Crippen molar-refractivity contribution in [3.05, 3.63) is 84.8 Å². The predicted octanol–water partition coefficient (Wildman–Crippen LogP) is 7.56. The molecule has 0 amide bonds. The smallest absolute Gasteiger partial charge is 0.162 e. The highest BCUT2D eigenvalue weighted by Gasteiger charge is 2.23. The van der Waals surface area contributed by atoms with E-state index >= 15 is 0 Å². The van der Waals surface area contributed by atoms with E-state index in [-0.39, 0.29) is 5.41 Å². The van der Waals surface area contributed by atoms with E-state index in [0.717, 1.165) is 50.0 Å². The molecule has 0 N–H and O–H groups in total. The Hall–Kier alpha value is -3.15. The molecule has 37 heavy (non-hydrogen) atoms. The first kappa shape index (κ1) is 24.2. The van der Waals surface area contributed by atoms with Crippen LogP contribution in [0, 0.1) is 5.41 Å². The van der Waals surface area contributed by atoms with Crippen LogP contribution < -0.4 is 0 Å². The van der Waals surface area contributed by atoms with Crippen LogP contribution in [0.2, 0.25) is 0 Å². The molecule has 1 aliphatic heterocycles. The minimum atomic E-state index is 0.264. The van der Waals surface area contributed by atoms with Crippen LogP contribution in [0.5, 0.6) is 0 Å². The van der Waals surface area contributed by atoms with Crippen LogP contribution in [-0.2, 0) is 6.42 Å². The molecular weight excluding hydrogens is 472 g/mol. The second-order valence-corrected chi connectivity index (χ2v) is 11.7. The van der Waals surface area contributed by atoms with Crippen LogP contribution in [0.25, 0.3) is 38.7 Å². The van der Waals surface area contributed by atoms with Crippen molar-refractivity contribution < 1.29 is 0 Å². The van der Waals surface area contributed by atoms with Crippen LogP contribution in [0.4, 0.5) is 0 Å². The first-order valence-electron chi connectivity index (χ1n) is 13.3. The molecular formula is C32H34N4S. The van der Waals surface area contributed by atoms with Gasteiger partial charge in [-0.2, -0.15) is 5.10 Å². The lowest BCUT2D eigenvalue weighted by molar-refractivity contribution is 0.152. The molecule has 1 fully saturated rings. The molecule has 6 rings (SSSR count). The van der Waals surface area contributed by atoms with E-state index in [1.807, 2.05) is 29.0 Å². The van der Waals surface area contributed by atoms with E-state index in [1.165, 1.54) is 44.5 Å². The maximum atomic E-state index is 4.85. The number of nitrogens with zero attached hydrogens (tertiary/aromatic N) is 4. The van der Waals surface area contributed by atoms with Gasteiger partial charge in [0, 0.05) is 35.0 Å². The fourth-order valence-electron chi connectivity index (χ4n) is 5.88. The highest BCUT2D eigenvalue weighted by atomic mass is 32.1. The molecule has 5 heteroatoms. The maximum Gasteiger partial charge on any atom is 0.162 e. The van der Waals surface area contributed by atoms with E-state index in [0.29, 0.717) is 0 Å². The maximum absolute atomic E-state index is 4.85. The fourth-order valence-corrected chi connectivity index (χ4v) is 6.15. The Labute approximate surface area is 224 Å². The zero-order valence-corrected chi connectivity index (χ0v) is 22.6. The summed E-state index contributed by atoms with van der Waals surface area (Å²) in [5.74, 6) is 0. The first-order chi connectivity index (χ1) is 18.0. The molecule has 188 valence electrons. The van der Waals surface area contributed by atoms with Crippen molar-refractivity contribution in [3.63, 3.8) is 0 Å². The Bertz CT molecular complexity index is 1540. The van der Waals surface area contributed by atoms with Gasteiger partial charge in [-0.05, 0) is 71.3 Å². The molecule has 4 nitrogen and oxygen atoms in total. The summed E-state index contributed by atoms with van der Waals surface area (Å²) in [4.78, 5) is 8.47. The summed E-state index contributed by atoms with van der Waals surface area (Å²) >= 11 is 4.64. The molecule has 0 saturated carbocycles. The van der Waals surface area contributed by atoms with Crippen molar-refractivity contribution >= 4 is 29.0 Å². The number of thiol groups is 1. The number of piperidine rings is 1. The average Bonchev–Trinajstić information content (AvgIpc) is 3.33. The number of hydrogen-bond donors (Lipinski definition) is 1. The second-order valence-electron chi connectivity index (χ2n) is 11.2. The van der Waals surface area contributed by atoms with Gasteiger partial charge < -0.3 is 4.90 Å². The van der Waals surface area contributed by atoms with Crippen LogP contribution in [-0.4, -0.2) is 39.1 Å². The number of aromatic nitrogens is 3. The number of benzene rings is 3. The van der Waals surface area contributed by atoms with Crippen molar-refractivity contribution in [2.24, 2.45) is 5.41 Å². The third-order valence-electron chi connectivity index (χ3n) is 7.62. The molecule has 1 saturated heterocycles. The SMILES string of the molecule is CC(C)(Cc1ccc(-c2cnc3c(-c4ccc(S)c5ccccc45)cnn3c2)cc1)CN1CCCCC1. The van der Waals surface area contributed by atoms with Crippen molar-refractivity contribution in [2.45, 2.75) is 44.4 Å². The monoisotopic (exact) mass is 506 g/mol. The summed E-state index contributed by atoms with van der Waals surface area (Å²) in [6.45, 7) is 8.47. The van der Waals surface area contributed by atoms with E-state index in [2.05, 4.69) is 91.2 Å². The van der Waals surface area contributed by atoms with Crippen molar-refractivity contribution in [3.8, 4) is 22.3 Å². The van der Waals surface area contributed by atoms with Crippen LogP contribution >= 0.6 is 12.6 Å². The third kappa shape index (κ3) is 5.03. The molecule has 2 aromatic heterocycles. The van der Waals surface area contributed by atoms with Gasteiger partial charge in [0.15, 0.2) is 5.65 Å². The zero-order valence-electron chi connectivity index (χ0n) is 21.7. The fraction of sp³-hybridized carbons (Fsp3) is 0.312. The Morgan fingerprint density at radius 2 is 1.57 bits per heavy atom. The summed E-state index contributed by atoms with van der Waals surface area (Å²) in [7, 11) is 0. The topological polar surface area (TPSA) is 33.4 Å². The van der Waals surface area contributed by atoms with Crippen molar-refractivity contribution in [1.82, 2.24) is 19.5 Å². The van der Waals surface area contributed by atoms with Gasteiger partial charge in [0.2, 0.25) is 0 Å². The Kier molecular flexibility index (Phi) is 6.51. The van der Waals surface area contributed by atoms with Crippen LogP contribution in [0.1, 0.15) is 38.7 Å². The molecule has 0 unspecified atom stereocenters. The largest absolute Gasteiger partial charge is 0.303 e. The van der Waals surface area contributed by atoms with Gasteiger partial charge in [-0.3, -0.25) is 0 Å². The first-order valence-corrected chi connectivity index (χ1v) is 13.8. The van der Waals surface area contributed by atoms with Crippen LogP contribution in [0.3, 0.4) is 0 Å². The quantitative estimate of drug-likeness (QED) is 0.241. The lowest BCUT2D eigenvalue weighted by atomic mass is 9.84. The standard InChI is InChI=1S/C32H34N4S/c1-32(2,22-35-16-6-3-7-17-35)18-23-10-12-24(13-11-23)25-19-33-31-29(20-34-36(31)21-25)27-14-15-30(37)28-9-5-4-8-26(27)28/h4-5,8-15,19-21,37H,3,6-7,16-18,22H2,1-2H3. The molecule has 0 aliphatic carbocycles. The normalized spacial score (nSPS) is 15.0. The summed E-state index contributed by atoms with van der Waals surface area (Å²) in [5, 5.41) is 6.96. The highest BCUT2D eigenvalue weighted by molar-refractivity contribution is 7.80. The van der Waals surface area contributed by atoms with E-state index < -0.39 is 0 Å². The Morgan fingerprint density at radius 1 is 0.811 bits per heavy atom. The van der Waals surface area contributed by atoms with E-state index in [9.17, 15) is 0 Å². The minimum absolute atomic E-state index is 0.264. The molecule has 1 aliphatic rings. The lowest BCUT2D eigenvalue weighted by Gasteiger charge is -2.35. The molecule has 0 radical (unpaired) electrons. The number of rotatable bonds is 6. The average molecular weight is 507 g/mol. The van der Waals surface area contributed by atoms with Gasteiger partial charge in [-0.25, -0.2) is 9.50 Å². The van der Waals surface area contributed by atoms with Gasteiger partial charge in [0.25, 0.3) is 0 Å². The molecule has 0 atom stereocenters. The van der Waals surface area contributed by atoms with E-state index in [4.69, 9.17) is 4.98 Å². The van der Waals surface area contributed by atoms with Gasteiger partial charge in [-0.15, -0.1) is 12.6 Å². The minimum Gasteiger partial charge on any atom is -0.303 e. The summed E-state index contributed by atoms with van der Waals surface area (Å²) in [5.41, 5.74) is 6.89. The lowest BCUT2D eigenvalue weighted by Crippen LogP contribution is -2.38. The molecule has 0 bridgehead atoms. The summed E-state index contributed by atoms with van der Waals surface area (Å²) < 4.78 is 1.89. The molecule has 5 aromatic rings. The van der Waals surface area contributed by atoms with Crippen molar-refractivity contribution in [1.29, 1.82) is 0 Å². The van der Waals surface area contributed by atoms with Gasteiger partial charge in [0.1, 0.15) is 0 Å². The molecule has 3 heterocycles. The summed E-state index contributed by atoms with van der Waals surface area (Å²) in [6, 6.07) is 21.5. The van der Waals surface area contributed by atoms with Gasteiger partial charge in [-0.1, -0.05) is 74.9 Å². The number of likely N-dealkylation sites (tertiary alicyclic amines) is 1. The summed E-state index contributed by atoms with van der Waals surface area (Å²) in [6.07, 6.45) is 11.1. The zero-order chi connectivity index (χ0) is 25.4. The van der Waals surface area contributed by atoms with E-state index in [1.54, 1.807) is 0 Å². The van der Waals surface area contributed by atoms with Gasteiger partial charge in [0.05, 0.1) is 6.20 Å². The number of hydrogen-bond acceptors (Lipinski definition) is 4. The Balaban J connectivity index is 1.23. The van der Waals surface area contributed by atoms with Crippen LogP contribution in [0.15, 0.2) is 84.1 Å². The third-order valence-corrected chi connectivity index (χ3v) is 8.01. The number of fused-ring (bicyclic) bond motifs is 2. The van der Waals surface area contributed by atoms with Crippen molar-refractivity contribution in [2.75, 3.05) is 19.6 Å². The second kappa shape index (κ2) is 9.96. The molecule has 3 aromatic carbocycles. The predicted molar refractivity (Wildman–Crippen MR) is 156 cm³/mol.